The summed E-state index contributed by atoms with van der Waals surface area (Å²) in [6.07, 6.45) is -4.74. The summed E-state index contributed by atoms with van der Waals surface area (Å²) in [5.74, 6) is 0.388. The lowest BCUT2D eigenvalue weighted by Gasteiger charge is -2.35. The van der Waals surface area contributed by atoms with Crippen LogP contribution in [0.15, 0.2) is 30.3 Å². The molecule has 0 saturated carbocycles. The fourth-order valence-corrected chi connectivity index (χ4v) is 4.36. The molecule has 0 aliphatic carbocycles. The zero-order chi connectivity index (χ0) is 24.4. The van der Waals surface area contributed by atoms with Crippen molar-refractivity contribution in [1.29, 1.82) is 0 Å². The zero-order valence-electron chi connectivity index (χ0n) is 18.7. The normalized spacial score (nSPS) is 28.3. The molecule has 2 aliphatic heterocycles. The minimum absolute atomic E-state index is 0.0255. The van der Waals surface area contributed by atoms with Crippen LogP contribution in [-0.4, -0.2) is 82.2 Å². The average molecular weight is 478 g/mol. The van der Waals surface area contributed by atoms with Crippen LogP contribution < -0.4 is 14.2 Å². The number of aliphatic hydroxyl groups is 5. The second-order valence-corrected chi connectivity index (χ2v) is 8.47. The van der Waals surface area contributed by atoms with Crippen molar-refractivity contribution in [3.8, 4) is 23.0 Å². The number of fused-ring (bicyclic) bond motifs is 1. The molecule has 0 amide bonds. The number of phenolic OH excluding ortho intramolecular Hbond substituents is 1. The number of aryl methyl sites for hydroxylation is 1. The highest BCUT2D eigenvalue weighted by Gasteiger charge is 2.40. The summed E-state index contributed by atoms with van der Waals surface area (Å²) in [6, 6.07) is 8.44. The Bertz CT molecular complexity index is 996. The third kappa shape index (κ3) is 4.65. The van der Waals surface area contributed by atoms with E-state index in [-0.39, 0.29) is 31.3 Å². The molecule has 0 aromatic heterocycles. The van der Waals surface area contributed by atoms with Crippen LogP contribution >= 0.6 is 0 Å². The zero-order valence-corrected chi connectivity index (χ0v) is 18.7. The maximum absolute atomic E-state index is 10.5. The Balaban J connectivity index is 1.57. The van der Waals surface area contributed by atoms with Crippen molar-refractivity contribution in [3.05, 3.63) is 47.0 Å². The lowest BCUT2D eigenvalue weighted by molar-refractivity contribution is -0.242. The van der Waals surface area contributed by atoms with Gasteiger partial charge in [0.05, 0.1) is 26.2 Å². The second-order valence-electron chi connectivity index (χ2n) is 8.47. The van der Waals surface area contributed by atoms with Crippen molar-refractivity contribution in [3.63, 3.8) is 0 Å². The van der Waals surface area contributed by atoms with Gasteiger partial charge in [0, 0.05) is 12.2 Å². The molecule has 0 spiro atoms. The molecule has 10 heteroatoms. The van der Waals surface area contributed by atoms with Gasteiger partial charge in [0.2, 0.25) is 6.29 Å². The van der Waals surface area contributed by atoms with Crippen molar-refractivity contribution in [2.45, 2.75) is 49.5 Å². The van der Waals surface area contributed by atoms with Crippen LogP contribution in [0.5, 0.6) is 23.0 Å². The molecule has 10 nitrogen and oxygen atoms in total. The van der Waals surface area contributed by atoms with Gasteiger partial charge in [0.1, 0.15) is 24.4 Å². The van der Waals surface area contributed by atoms with Gasteiger partial charge in [-0.15, -0.1) is 0 Å². The molecule has 1 saturated heterocycles. The molecule has 34 heavy (non-hydrogen) atoms. The molecule has 4 rings (SSSR count). The summed E-state index contributed by atoms with van der Waals surface area (Å²) < 4.78 is 22.5. The summed E-state index contributed by atoms with van der Waals surface area (Å²) >= 11 is 0. The largest absolute Gasteiger partial charge is 0.504 e. The van der Waals surface area contributed by atoms with E-state index in [1.807, 2.05) is 6.07 Å². The Morgan fingerprint density at radius 2 is 1.82 bits per heavy atom. The van der Waals surface area contributed by atoms with Gasteiger partial charge in [-0.2, -0.15) is 0 Å². The molecule has 0 radical (unpaired) electrons. The van der Waals surface area contributed by atoms with Crippen LogP contribution in [0.1, 0.15) is 35.1 Å². The highest BCUT2D eigenvalue weighted by Crippen LogP contribution is 2.51. The Kier molecular flexibility index (Phi) is 7.46. The minimum atomic E-state index is -1.46. The number of benzene rings is 2. The van der Waals surface area contributed by atoms with Crippen LogP contribution in [0.25, 0.3) is 0 Å². The van der Waals surface area contributed by atoms with E-state index in [0.717, 1.165) is 5.56 Å². The minimum Gasteiger partial charge on any atom is -0.504 e. The van der Waals surface area contributed by atoms with Gasteiger partial charge in [0.15, 0.2) is 23.0 Å². The lowest BCUT2D eigenvalue weighted by atomic mass is 9.90. The first-order chi connectivity index (χ1) is 16.4. The molecule has 0 bridgehead atoms. The van der Waals surface area contributed by atoms with Crippen molar-refractivity contribution in [2.75, 3.05) is 26.9 Å². The fourth-order valence-electron chi connectivity index (χ4n) is 4.36. The number of rotatable bonds is 8. The molecule has 6 N–H and O–H groups in total. The first-order valence-electron chi connectivity index (χ1n) is 11.1. The van der Waals surface area contributed by atoms with Gasteiger partial charge in [-0.3, -0.25) is 0 Å². The molecule has 6 atom stereocenters. The third-order valence-electron chi connectivity index (χ3n) is 6.20. The van der Waals surface area contributed by atoms with E-state index in [9.17, 15) is 25.5 Å². The summed E-state index contributed by atoms with van der Waals surface area (Å²) in [7, 11) is 1.44. The van der Waals surface area contributed by atoms with Gasteiger partial charge in [-0.1, -0.05) is 12.1 Å². The highest BCUT2D eigenvalue weighted by atomic mass is 16.7. The van der Waals surface area contributed by atoms with Gasteiger partial charge < -0.3 is 49.6 Å². The van der Waals surface area contributed by atoms with Gasteiger partial charge in [-0.25, -0.2) is 0 Å². The monoisotopic (exact) mass is 478 g/mol. The predicted octanol–water partition coefficient (Wildman–Crippen LogP) is 0.353. The van der Waals surface area contributed by atoms with E-state index in [1.54, 1.807) is 24.3 Å². The van der Waals surface area contributed by atoms with E-state index in [4.69, 9.17) is 24.1 Å². The first-order valence-corrected chi connectivity index (χ1v) is 11.1. The SMILES string of the molecule is COc1cc([C@H]2Oc3c(O)cc(CCCO)cc3[C@@H]2CO)ccc1O[C@H]1OC[C@H](O)[C@H](O)[C@@H]1O. The average Bonchev–Trinajstić information content (AvgIpc) is 3.22. The number of phenols is 1. The Morgan fingerprint density at radius 3 is 2.53 bits per heavy atom. The van der Waals surface area contributed by atoms with E-state index in [2.05, 4.69) is 0 Å². The van der Waals surface area contributed by atoms with E-state index < -0.39 is 36.6 Å². The van der Waals surface area contributed by atoms with Crippen molar-refractivity contribution in [1.82, 2.24) is 0 Å². The topological polar surface area (TPSA) is 158 Å². The Labute approximate surface area is 196 Å². The van der Waals surface area contributed by atoms with Crippen LogP contribution in [-0.2, 0) is 11.2 Å². The summed E-state index contributed by atoms with van der Waals surface area (Å²) in [4.78, 5) is 0. The molecule has 0 unspecified atom stereocenters. The van der Waals surface area contributed by atoms with Crippen molar-refractivity contribution < 1.29 is 49.6 Å². The molecule has 186 valence electrons. The van der Waals surface area contributed by atoms with Gasteiger partial charge in [0.25, 0.3) is 0 Å². The quantitative estimate of drug-likeness (QED) is 0.313. The third-order valence-corrected chi connectivity index (χ3v) is 6.20. The summed E-state index contributed by atoms with van der Waals surface area (Å²) in [5, 5.41) is 59.4. The highest BCUT2D eigenvalue weighted by molar-refractivity contribution is 5.55. The number of ether oxygens (including phenoxy) is 4. The smallest absolute Gasteiger partial charge is 0.229 e. The van der Waals surface area contributed by atoms with E-state index in [0.29, 0.717) is 35.5 Å². The number of hydrogen-bond donors (Lipinski definition) is 6. The summed E-state index contributed by atoms with van der Waals surface area (Å²) in [6.45, 7) is -0.375. The van der Waals surface area contributed by atoms with Crippen LogP contribution in [0, 0.1) is 0 Å². The molecular weight excluding hydrogens is 448 g/mol. The molecular formula is C24H30O10. The Morgan fingerprint density at radius 1 is 1.03 bits per heavy atom. The van der Waals surface area contributed by atoms with Crippen molar-refractivity contribution in [2.24, 2.45) is 0 Å². The van der Waals surface area contributed by atoms with Crippen molar-refractivity contribution >= 4 is 0 Å². The molecule has 2 aromatic carbocycles. The van der Waals surface area contributed by atoms with E-state index in [1.165, 1.54) is 7.11 Å². The maximum Gasteiger partial charge on any atom is 0.229 e. The number of hydrogen-bond acceptors (Lipinski definition) is 10. The molecule has 2 heterocycles. The number of methoxy groups -OCH3 is 1. The molecule has 2 aliphatic rings. The van der Waals surface area contributed by atoms with Crippen LogP contribution in [0.2, 0.25) is 0 Å². The maximum atomic E-state index is 10.5. The van der Waals surface area contributed by atoms with E-state index >= 15 is 0 Å². The number of aromatic hydroxyl groups is 1. The molecule has 1 fully saturated rings. The van der Waals surface area contributed by atoms with Crippen LogP contribution in [0.3, 0.4) is 0 Å². The second kappa shape index (κ2) is 10.3. The standard InChI is InChI=1S/C24H30O10/c1-31-19-9-13(4-5-18(19)33-24-21(30)20(29)17(28)11-32-24)22-15(10-26)14-7-12(3-2-6-25)8-16(27)23(14)34-22/h4-5,7-9,15,17,20-22,24-30H,2-3,6,10-11H2,1H3/t15-,17-,20-,21-,22+,24+/m0/s1. The molecule has 2 aromatic rings. The lowest BCUT2D eigenvalue weighted by Crippen LogP contribution is -2.54. The van der Waals surface area contributed by atoms with Gasteiger partial charge >= 0.3 is 0 Å². The van der Waals surface area contributed by atoms with Gasteiger partial charge in [-0.05, 0) is 42.2 Å². The fraction of sp³-hybridized carbons (Fsp3) is 0.500. The summed E-state index contributed by atoms with van der Waals surface area (Å²) in [5.41, 5.74) is 2.19. The van der Waals surface area contributed by atoms with Crippen LogP contribution in [0.4, 0.5) is 0 Å². The predicted molar refractivity (Wildman–Crippen MR) is 118 cm³/mol. The Hall–Kier alpha value is -2.60. The first kappa shape index (κ1) is 24.5. The number of aliphatic hydroxyl groups excluding tert-OH is 5.